The van der Waals surface area contributed by atoms with Crippen molar-refractivity contribution in [2.75, 3.05) is 0 Å². The van der Waals surface area contributed by atoms with E-state index in [1.54, 1.807) is 0 Å². The van der Waals surface area contributed by atoms with E-state index in [2.05, 4.69) is 0 Å². The lowest BCUT2D eigenvalue weighted by molar-refractivity contribution is -0.496. The van der Waals surface area contributed by atoms with Gasteiger partial charge < -0.3 is 0 Å². The number of halogens is 3. The number of nitrogens with zero attached hydrogens (tertiary/aromatic N) is 1. The summed E-state index contributed by atoms with van der Waals surface area (Å²) in [5, 5.41) is 10.2. The van der Waals surface area contributed by atoms with Gasteiger partial charge in [0.1, 0.15) is 0 Å². The van der Waals surface area contributed by atoms with Crippen molar-refractivity contribution in [2.24, 2.45) is 0 Å². The Morgan fingerprint density at radius 1 is 1.40 bits per heavy atom. The summed E-state index contributed by atoms with van der Waals surface area (Å²) in [6, 6.07) is 3.42. The Morgan fingerprint density at radius 3 is 2.47 bits per heavy atom. The minimum atomic E-state index is -4.46. The first-order valence-electron chi connectivity index (χ1n) is 4.10. The van der Waals surface area contributed by atoms with Crippen LogP contribution in [0.2, 0.25) is 0 Å². The van der Waals surface area contributed by atoms with Crippen molar-refractivity contribution in [1.82, 2.24) is 0 Å². The van der Waals surface area contributed by atoms with Crippen LogP contribution >= 0.6 is 0 Å². The molecule has 82 valence electrons. The molecular weight excluding hydrogens is 211 g/mol. The SMILES string of the molecule is Cc1c(C[N+](=O)[O-])cccc1C(F)(F)F. The molecule has 1 rings (SSSR count). The third kappa shape index (κ3) is 2.68. The number of alkyl halides is 3. The Kier molecular flexibility index (Phi) is 2.97. The summed E-state index contributed by atoms with van der Waals surface area (Å²) in [4.78, 5) is 9.56. The highest BCUT2D eigenvalue weighted by molar-refractivity contribution is 5.35. The van der Waals surface area contributed by atoms with E-state index < -0.39 is 23.2 Å². The molecule has 0 N–H and O–H groups in total. The first kappa shape index (κ1) is 11.5. The quantitative estimate of drug-likeness (QED) is 0.567. The third-order valence-electron chi connectivity index (χ3n) is 2.05. The molecule has 0 amide bonds. The maximum Gasteiger partial charge on any atom is 0.416 e. The molecule has 0 aromatic heterocycles. The van der Waals surface area contributed by atoms with Gasteiger partial charge in [-0.2, -0.15) is 13.2 Å². The van der Waals surface area contributed by atoms with E-state index in [9.17, 15) is 23.3 Å². The lowest BCUT2D eigenvalue weighted by Crippen LogP contribution is -2.10. The molecule has 0 heterocycles. The van der Waals surface area contributed by atoms with Gasteiger partial charge in [0.2, 0.25) is 6.54 Å². The minimum Gasteiger partial charge on any atom is -0.264 e. The van der Waals surface area contributed by atoms with Crippen LogP contribution in [0.5, 0.6) is 0 Å². The average molecular weight is 219 g/mol. The van der Waals surface area contributed by atoms with Crippen LogP contribution in [-0.2, 0) is 12.7 Å². The summed E-state index contributed by atoms with van der Waals surface area (Å²) in [6.07, 6.45) is -4.46. The summed E-state index contributed by atoms with van der Waals surface area (Å²) < 4.78 is 37.2. The molecule has 6 heteroatoms. The second kappa shape index (κ2) is 3.88. The molecule has 0 saturated carbocycles. The second-order valence-corrected chi connectivity index (χ2v) is 3.08. The van der Waals surface area contributed by atoms with Crippen LogP contribution in [0, 0.1) is 17.0 Å². The van der Waals surface area contributed by atoms with Gasteiger partial charge in [0.05, 0.1) is 5.56 Å². The predicted molar refractivity (Wildman–Crippen MR) is 46.9 cm³/mol. The van der Waals surface area contributed by atoms with Crippen LogP contribution in [0.3, 0.4) is 0 Å². The van der Waals surface area contributed by atoms with Gasteiger partial charge in [-0.15, -0.1) is 0 Å². The number of benzene rings is 1. The molecule has 0 bridgehead atoms. The fourth-order valence-electron chi connectivity index (χ4n) is 1.30. The van der Waals surface area contributed by atoms with E-state index in [1.807, 2.05) is 0 Å². The van der Waals surface area contributed by atoms with Gasteiger partial charge in [-0.05, 0) is 18.6 Å². The molecule has 0 aliphatic heterocycles. The first-order valence-corrected chi connectivity index (χ1v) is 4.10. The van der Waals surface area contributed by atoms with Crippen molar-refractivity contribution in [1.29, 1.82) is 0 Å². The van der Waals surface area contributed by atoms with Crippen molar-refractivity contribution in [3.05, 3.63) is 45.0 Å². The van der Waals surface area contributed by atoms with Crippen molar-refractivity contribution in [2.45, 2.75) is 19.6 Å². The van der Waals surface area contributed by atoms with E-state index in [0.717, 1.165) is 6.07 Å². The Labute approximate surface area is 83.7 Å². The summed E-state index contributed by atoms with van der Waals surface area (Å²) in [7, 11) is 0. The zero-order valence-corrected chi connectivity index (χ0v) is 7.84. The molecule has 15 heavy (non-hydrogen) atoms. The van der Waals surface area contributed by atoms with E-state index >= 15 is 0 Å². The van der Waals surface area contributed by atoms with Gasteiger partial charge in [-0.1, -0.05) is 12.1 Å². The van der Waals surface area contributed by atoms with Crippen LogP contribution < -0.4 is 0 Å². The third-order valence-corrected chi connectivity index (χ3v) is 2.05. The molecule has 1 aromatic rings. The summed E-state index contributed by atoms with van der Waals surface area (Å²) in [5.41, 5.74) is -0.807. The van der Waals surface area contributed by atoms with Gasteiger partial charge in [0, 0.05) is 10.5 Å². The highest BCUT2D eigenvalue weighted by atomic mass is 19.4. The van der Waals surface area contributed by atoms with Gasteiger partial charge in [-0.25, -0.2) is 0 Å². The first-order chi connectivity index (χ1) is 6.82. The van der Waals surface area contributed by atoms with Gasteiger partial charge in [-0.3, -0.25) is 10.1 Å². The Balaban J connectivity index is 3.17. The lowest BCUT2D eigenvalue weighted by atomic mass is 10.0. The maximum absolute atomic E-state index is 12.4. The van der Waals surface area contributed by atoms with Gasteiger partial charge >= 0.3 is 6.18 Å². The van der Waals surface area contributed by atoms with Crippen molar-refractivity contribution in [3.63, 3.8) is 0 Å². The number of hydrogen-bond donors (Lipinski definition) is 0. The van der Waals surface area contributed by atoms with Gasteiger partial charge in [0.15, 0.2) is 0 Å². The highest BCUT2D eigenvalue weighted by Gasteiger charge is 2.33. The molecule has 0 fully saturated rings. The molecule has 0 spiro atoms. The molecule has 0 aliphatic carbocycles. The Hall–Kier alpha value is -1.59. The molecule has 3 nitrogen and oxygen atoms in total. The van der Waals surface area contributed by atoms with Crippen molar-refractivity contribution >= 4 is 0 Å². The maximum atomic E-state index is 12.4. The van der Waals surface area contributed by atoms with Crippen LogP contribution in [0.15, 0.2) is 18.2 Å². The number of nitro groups is 1. The van der Waals surface area contributed by atoms with Crippen molar-refractivity contribution < 1.29 is 18.1 Å². The highest BCUT2D eigenvalue weighted by Crippen LogP contribution is 2.32. The largest absolute Gasteiger partial charge is 0.416 e. The zero-order valence-electron chi connectivity index (χ0n) is 7.84. The monoisotopic (exact) mass is 219 g/mol. The molecular formula is C9H8F3NO2. The molecule has 0 saturated heterocycles. The van der Waals surface area contributed by atoms with Crippen LogP contribution in [0.25, 0.3) is 0 Å². The molecule has 0 aliphatic rings. The number of hydrogen-bond acceptors (Lipinski definition) is 2. The summed E-state index contributed by atoms with van der Waals surface area (Å²) in [6.45, 7) is 0.650. The van der Waals surface area contributed by atoms with Crippen LogP contribution in [-0.4, -0.2) is 4.92 Å². The summed E-state index contributed by atoms with van der Waals surface area (Å²) in [5.74, 6) is 0. The molecule has 1 aromatic carbocycles. The van der Waals surface area contributed by atoms with E-state index in [4.69, 9.17) is 0 Å². The fraction of sp³-hybridized carbons (Fsp3) is 0.333. The smallest absolute Gasteiger partial charge is 0.264 e. The standard InChI is InChI=1S/C9H8F3NO2/c1-6-7(5-13(14)15)3-2-4-8(6)9(10,11)12/h2-4H,5H2,1H3. The second-order valence-electron chi connectivity index (χ2n) is 3.08. The van der Waals surface area contributed by atoms with Crippen molar-refractivity contribution in [3.8, 4) is 0 Å². The topological polar surface area (TPSA) is 43.1 Å². The van der Waals surface area contributed by atoms with E-state index in [0.29, 0.717) is 0 Å². The van der Waals surface area contributed by atoms with Crippen LogP contribution in [0.1, 0.15) is 16.7 Å². The Bertz CT molecular complexity index is 387. The zero-order chi connectivity index (χ0) is 11.6. The van der Waals surface area contributed by atoms with E-state index in [1.165, 1.54) is 19.1 Å². The molecule has 0 unspecified atom stereocenters. The fourth-order valence-corrected chi connectivity index (χ4v) is 1.30. The van der Waals surface area contributed by atoms with E-state index in [-0.39, 0.29) is 11.1 Å². The average Bonchev–Trinajstić information content (AvgIpc) is 2.05. The Morgan fingerprint density at radius 2 is 2.00 bits per heavy atom. The van der Waals surface area contributed by atoms with Crippen LogP contribution in [0.4, 0.5) is 13.2 Å². The number of rotatable bonds is 2. The van der Waals surface area contributed by atoms with Gasteiger partial charge in [0.25, 0.3) is 0 Å². The molecule has 0 radical (unpaired) electrons. The summed E-state index contributed by atoms with van der Waals surface area (Å²) >= 11 is 0. The lowest BCUT2D eigenvalue weighted by Gasteiger charge is -2.11. The molecule has 0 atom stereocenters. The predicted octanol–water partition coefficient (Wildman–Crippen LogP) is 2.79. The normalized spacial score (nSPS) is 11.5. The minimum absolute atomic E-state index is 0.0818.